The lowest BCUT2D eigenvalue weighted by atomic mass is 9.87. The average molecular weight is 461 g/mol. The molecule has 1 aliphatic rings. The lowest BCUT2D eigenvalue weighted by Crippen LogP contribution is -2.48. The topological polar surface area (TPSA) is 140 Å². The van der Waals surface area contributed by atoms with Gasteiger partial charge in [-0.3, -0.25) is 8.98 Å². The van der Waals surface area contributed by atoms with E-state index in [1.165, 1.54) is 20.8 Å². The standard InChI is InChI=1S/C17H32N2O8S.ClH/c1-12(14-10-18-7-8-25-14)27-16(22)15(21)17(3,4)11-26-28(23,24)9-5-6-19-13(2)20;/h12,14-15,18,21H,5-11H2,1-4H3,(H,19,20);1H. The quantitative estimate of drug-likeness (QED) is 0.213. The highest BCUT2D eigenvalue weighted by Gasteiger charge is 2.38. The fourth-order valence-corrected chi connectivity index (χ4v) is 3.52. The molecule has 1 heterocycles. The molecule has 29 heavy (non-hydrogen) atoms. The molecule has 0 bridgehead atoms. The summed E-state index contributed by atoms with van der Waals surface area (Å²) in [7, 11) is -3.85. The largest absolute Gasteiger partial charge is 0.458 e. The van der Waals surface area contributed by atoms with Gasteiger partial charge in [0, 0.05) is 32.0 Å². The molecule has 1 rings (SSSR count). The predicted molar refractivity (Wildman–Crippen MR) is 108 cm³/mol. The van der Waals surface area contributed by atoms with Crippen molar-refractivity contribution in [1.29, 1.82) is 0 Å². The zero-order valence-corrected chi connectivity index (χ0v) is 18.9. The summed E-state index contributed by atoms with van der Waals surface area (Å²) in [4.78, 5) is 23.0. The number of halogens is 1. The Morgan fingerprint density at radius 1 is 1.38 bits per heavy atom. The van der Waals surface area contributed by atoms with Crippen LogP contribution in [0, 0.1) is 5.41 Å². The molecule has 3 unspecified atom stereocenters. The van der Waals surface area contributed by atoms with Gasteiger partial charge in [-0.25, -0.2) is 4.79 Å². The SMILES string of the molecule is CC(=O)NCCCS(=O)(=O)OCC(C)(C)C(O)C(=O)OC(C)C1CNCCO1.Cl. The summed E-state index contributed by atoms with van der Waals surface area (Å²) in [5.41, 5.74) is -1.19. The van der Waals surface area contributed by atoms with Crippen molar-refractivity contribution in [2.24, 2.45) is 5.41 Å². The first-order valence-corrected chi connectivity index (χ1v) is 10.8. The van der Waals surface area contributed by atoms with Crippen molar-refractivity contribution in [2.45, 2.75) is 52.4 Å². The molecule has 0 radical (unpaired) electrons. The van der Waals surface area contributed by atoms with Crippen molar-refractivity contribution in [1.82, 2.24) is 10.6 Å². The van der Waals surface area contributed by atoms with Crippen molar-refractivity contribution in [3.63, 3.8) is 0 Å². The molecule has 0 aromatic rings. The summed E-state index contributed by atoms with van der Waals surface area (Å²) >= 11 is 0. The maximum absolute atomic E-state index is 12.2. The van der Waals surface area contributed by atoms with Gasteiger partial charge in [0.1, 0.15) is 12.2 Å². The van der Waals surface area contributed by atoms with Crippen LogP contribution in [0.25, 0.3) is 0 Å². The number of carbonyl (C=O) groups excluding carboxylic acids is 2. The number of rotatable bonds is 11. The van der Waals surface area contributed by atoms with E-state index in [-0.39, 0.29) is 49.7 Å². The molecule has 0 aliphatic carbocycles. The lowest BCUT2D eigenvalue weighted by molar-refractivity contribution is -0.174. The summed E-state index contributed by atoms with van der Waals surface area (Å²) < 4.78 is 39.6. The zero-order chi connectivity index (χ0) is 21.4. The number of aliphatic hydroxyl groups excluding tert-OH is 1. The van der Waals surface area contributed by atoms with Crippen molar-refractivity contribution < 1.29 is 36.8 Å². The minimum atomic E-state index is -3.85. The van der Waals surface area contributed by atoms with Gasteiger partial charge in [0.25, 0.3) is 10.1 Å². The molecule has 0 spiro atoms. The molecule has 1 fully saturated rings. The van der Waals surface area contributed by atoms with E-state index in [1.54, 1.807) is 6.92 Å². The molecule has 1 amide bonds. The second-order valence-corrected chi connectivity index (χ2v) is 9.27. The molecule has 172 valence electrons. The van der Waals surface area contributed by atoms with Crippen molar-refractivity contribution in [3.8, 4) is 0 Å². The van der Waals surface area contributed by atoms with Gasteiger partial charge in [0.05, 0.1) is 19.0 Å². The zero-order valence-electron chi connectivity index (χ0n) is 17.3. The minimum Gasteiger partial charge on any atom is -0.458 e. The number of esters is 1. The van der Waals surface area contributed by atoms with Crippen LogP contribution in [0.1, 0.15) is 34.1 Å². The maximum atomic E-state index is 12.2. The van der Waals surface area contributed by atoms with Crippen molar-refractivity contribution in [3.05, 3.63) is 0 Å². The number of hydrogen-bond acceptors (Lipinski definition) is 9. The van der Waals surface area contributed by atoms with Crippen LogP contribution in [0.3, 0.4) is 0 Å². The highest BCUT2D eigenvalue weighted by atomic mass is 35.5. The second kappa shape index (κ2) is 12.7. The Kier molecular flexibility index (Phi) is 12.2. The molecule has 0 saturated carbocycles. The number of nitrogens with one attached hydrogen (secondary N) is 2. The number of ether oxygens (including phenoxy) is 2. The molecular weight excluding hydrogens is 428 g/mol. The fourth-order valence-electron chi connectivity index (χ4n) is 2.42. The number of amides is 1. The van der Waals surface area contributed by atoms with Gasteiger partial charge in [-0.1, -0.05) is 13.8 Å². The van der Waals surface area contributed by atoms with E-state index in [0.717, 1.165) is 6.54 Å². The number of carbonyl (C=O) groups is 2. The van der Waals surface area contributed by atoms with Crippen molar-refractivity contribution >= 4 is 34.4 Å². The Labute approximate surface area is 178 Å². The Bertz CT molecular complexity index is 623. The normalized spacial score (nSPS) is 19.6. The highest BCUT2D eigenvalue weighted by molar-refractivity contribution is 7.86. The summed E-state index contributed by atoms with van der Waals surface area (Å²) in [6.07, 6.45) is -2.25. The highest BCUT2D eigenvalue weighted by Crippen LogP contribution is 2.24. The third-order valence-corrected chi connectivity index (χ3v) is 5.57. The van der Waals surface area contributed by atoms with Crippen LogP contribution < -0.4 is 10.6 Å². The molecule has 1 saturated heterocycles. The molecule has 10 nitrogen and oxygen atoms in total. The van der Waals surface area contributed by atoms with Crippen LogP contribution in [-0.2, 0) is 33.4 Å². The third-order valence-electron chi connectivity index (χ3n) is 4.30. The predicted octanol–water partition coefficient (Wildman–Crippen LogP) is -0.412. The van der Waals surface area contributed by atoms with E-state index in [9.17, 15) is 23.1 Å². The van der Waals surface area contributed by atoms with Crippen LogP contribution in [-0.4, -0.2) is 82.3 Å². The smallest absolute Gasteiger partial charge is 0.335 e. The Morgan fingerprint density at radius 3 is 2.59 bits per heavy atom. The molecular formula is C17H33ClN2O8S. The fraction of sp³-hybridized carbons (Fsp3) is 0.882. The van der Waals surface area contributed by atoms with E-state index in [0.29, 0.717) is 13.2 Å². The molecule has 3 atom stereocenters. The van der Waals surface area contributed by atoms with Gasteiger partial charge in [0.15, 0.2) is 6.10 Å². The van der Waals surface area contributed by atoms with Crippen LogP contribution in [0.15, 0.2) is 0 Å². The average Bonchev–Trinajstić information content (AvgIpc) is 2.63. The number of aliphatic hydroxyl groups is 1. The van der Waals surface area contributed by atoms with Gasteiger partial charge in [-0.15, -0.1) is 12.4 Å². The summed E-state index contributed by atoms with van der Waals surface area (Å²) in [5.74, 6) is -1.39. The number of morpholine rings is 1. The van der Waals surface area contributed by atoms with Gasteiger partial charge < -0.3 is 25.2 Å². The number of hydrogen-bond donors (Lipinski definition) is 3. The molecule has 3 N–H and O–H groups in total. The molecule has 0 aromatic carbocycles. The second-order valence-electron chi connectivity index (χ2n) is 7.51. The molecule has 12 heteroatoms. The van der Waals surface area contributed by atoms with Crippen LogP contribution in [0.4, 0.5) is 0 Å². The first kappa shape index (κ1) is 28.0. The van der Waals surface area contributed by atoms with E-state index in [4.69, 9.17) is 13.7 Å². The molecule has 1 aliphatic heterocycles. The Morgan fingerprint density at radius 2 is 2.03 bits per heavy atom. The van der Waals surface area contributed by atoms with Gasteiger partial charge in [-0.05, 0) is 13.3 Å². The summed E-state index contributed by atoms with van der Waals surface area (Å²) in [6.45, 7) is 7.63. The Balaban J connectivity index is 0.00000784. The summed E-state index contributed by atoms with van der Waals surface area (Å²) in [5, 5.41) is 15.9. The van der Waals surface area contributed by atoms with Gasteiger partial charge in [-0.2, -0.15) is 8.42 Å². The first-order valence-electron chi connectivity index (χ1n) is 9.27. The monoisotopic (exact) mass is 460 g/mol. The maximum Gasteiger partial charge on any atom is 0.335 e. The van der Waals surface area contributed by atoms with Crippen LogP contribution in [0.2, 0.25) is 0 Å². The first-order chi connectivity index (χ1) is 12.9. The third kappa shape index (κ3) is 10.6. The van der Waals surface area contributed by atoms with Crippen molar-refractivity contribution in [2.75, 3.05) is 38.6 Å². The van der Waals surface area contributed by atoms with Crippen LogP contribution >= 0.6 is 12.4 Å². The van der Waals surface area contributed by atoms with E-state index < -0.39 is 33.7 Å². The van der Waals surface area contributed by atoms with E-state index in [1.807, 2.05) is 0 Å². The molecule has 0 aromatic heterocycles. The van der Waals surface area contributed by atoms with Gasteiger partial charge >= 0.3 is 5.97 Å². The summed E-state index contributed by atoms with van der Waals surface area (Å²) in [6, 6.07) is 0. The van der Waals surface area contributed by atoms with Crippen LogP contribution in [0.5, 0.6) is 0 Å². The van der Waals surface area contributed by atoms with E-state index >= 15 is 0 Å². The Hall–Kier alpha value is -0.980. The van der Waals surface area contributed by atoms with Gasteiger partial charge in [0.2, 0.25) is 5.91 Å². The lowest BCUT2D eigenvalue weighted by Gasteiger charge is -2.32. The minimum absolute atomic E-state index is 0. The van der Waals surface area contributed by atoms with E-state index in [2.05, 4.69) is 10.6 Å².